The number of hydrazone groups is 1. The van der Waals surface area contributed by atoms with E-state index in [9.17, 15) is 14.7 Å². The van der Waals surface area contributed by atoms with Gasteiger partial charge in [0, 0.05) is 35.0 Å². The number of thioether (sulfide) groups is 1. The van der Waals surface area contributed by atoms with Gasteiger partial charge in [-0.3, -0.25) is 9.78 Å². The average molecular weight is 372 g/mol. The largest absolute Gasteiger partial charge is 0.549 e. The third kappa shape index (κ3) is 5.59. The minimum atomic E-state index is -1.11. The summed E-state index contributed by atoms with van der Waals surface area (Å²) in [7, 11) is 1.55. The quantitative estimate of drug-likeness (QED) is 0.552. The lowest BCUT2D eigenvalue weighted by molar-refractivity contribution is -0.301. The number of carbonyl (C=O) groups is 2. The van der Waals surface area contributed by atoms with E-state index in [2.05, 4.69) is 15.5 Å². The number of carboxylic acids is 1. The third-order valence-corrected chi connectivity index (χ3v) is 4.40. The molecular weight excluding hydrogens is 354 g/mol. The highest BCUT2D eigenvalue weighted by Crippen LogP contribution is 2.24. The Morgan fingerprint density at radius 1 is 1.23 bits per heavy atom. The van der Waals surface area contributed by atoms with Crippen LogP contribution in [0.15, 0.2) is 47.8 Å². The van der Waals surface area contributed by atoms with E-state index in [4.69, 9.17) is 4.74 Å². The number of carbonyl (C=O) groups excluding carboxylic acids is 2. The summed E-state index contributed by atoms with van der Waals surface area (Å²) in [6, 6.07) is 8.66. The molecule has 2 rings (SSSR count). The molecule has 0 radical (unpaired) electrons. The maximum absolute atomic E-state index is 12.0. The molecule has 1 N–H and O–H groups in total. The van der Waals surface area contributed by atoms with Gasteiger partial charge in [0.25, 0.3) is 5.91 Å². The van der Waals surface area contributed by atoms with Crippen LogP contribution in [0.2, 0.25) is 0 Å². The van der Waals surface area contributed by atoms with Gasteiger partial charge in [-0.2, -0.15) is 16.9 Å². The number of hydrogen-bond donors (Lipinski definition) is 1. The van der Waals surface area contributed by atoms with Crippen molar-refractivity contribution in [1.29, 1.82) is 0 Å². The lowest BCUT2D eigenvalue weighted by atomic mass is 10.1. The molecule has 26 heavy (non-hydrogen) atoms. The Morgan fingerprint density at radius 3 is 2.62 bits per heavy atom. The number of aliphatic carboxylic acids is 1. The summed E-state index contributed by atoms with van der Waals surface area (Å²) in [5.74, 6) is -0.413. The van der Waals surface area contributed by atoms with Crippen molar-refractivity contribution in [3.05, 3.63) is 59.4 Å². The predicted octanol–water partition coefficient (Wildman–Crippen LogP) is 1.23. The molecule has 0 aliphatic heterocycles. The van der Waals surface area contributed by atoms with E-state index < -0.39 is 5.97 Å². The van der Waals surface area contributed by atoms with Crippen LogP contribution >= 0.6 is 11.8 Å². The molecule has 0 bridgehead atoms. The van der Waals surface area contributed by atoms with Crippen LogP contribution in [-0.4, -0.2) is 35.4 Å². The molecule has 136 valence electrons. The number of ether oxygens (including phenoxy) is 1. The van der Waals surface area contributed by atoms with Crippen LogP contribution in [0, 0.1) is 0 Å². The third-order valence-electron chi connectivity index (χ3n) is 3.44. The lowest BCUT2D eigenvalue weighted by Crippen LogP contribution is -2.24. The predicted molar refractivity (Wildman–Crippen MR) is 98.1 cm³/mol. The van der Waals surface area contributed by atoms with Crippen LogP contribution in [0.5, 0.6) is 5.75 Å². The molecule has 1 heterocycles. The van der Waals surface area contributed by atoms with Gasteiger partial charge in [0.05, 0.1) is 18.8 Å². The van der Waals surface area contributed by atoms with Crippen LogP contribution < -0.4 is 15.3 Å². The molecule has 0 unspecified atom stereocenters. The van der Waals surface area contributed by atoms with E-state index in [1.165, 1.54) is 24.2 Å². The average Bonchev–Trinajstić information content (AvgIpc) is 2.66. The molecule has 7 nitrogen and oxygen atoms in total. The minimum Gasteiger partial charge on any atom is -0.549 e. The number of amides is 1. The molecule has 0 fully saturated rings. The second-order valence-corrected chi connectivity index (χ2v) is 6.25. The summed E-state index contributed by atoms with van der Waals surface area (Å²) >= 11 is 1.22. The van der Waals surface area contributed by atoms with Crippen molar-refractivity contribution in [3.8, 4) is 5.75 Å². The normalized spacial score (nSPS) is 11.1. The molecule has 0 aliphatic carbocycles. The maximum atomic E-state index is 12.0. The van der Waals surface area contributed by atoms with E-state index >= 15 is 0 Å². The summed E-state index contributed by atoms with van der Waals surface area (Å²) in [4.78, 5) is 26.4. The number of methoxy groups -OCH3 is 1. The zero-order chi connectivity index (χ0) is 18.9. The highest BCUT2D eigenvalue weighted by atomic mass is 32.2. The Morgan fingerprint density at radius 2 is 1.96 bits per heavy atom. The van der Waals surface area contributed by atoms with Crippen molar-refractivity contribution in [2.45, 2.75) is 12.7 Å². The number of benzene rings is 1. The van der Waals surface area contributed by atoms with Gasteiger partial charge in [0.2, 0.25) is 0 Å². The number of nitrogens with zero attached hydrogens (tertiary/aromatic N) is 2. The van der Waals surface area contributed by atoms with Gasteiger partial charge in [-0.05, 0) is 42.8 Å². The molecular formula is C18H18N3O4S-. The molecule has 8 heteroatoms. The zero-order valence-corrected chi connectivity index (χ0v) is 15.2. The Balaban J connectivity index is 2.10. The van der Waals surface area contributed by atoms with Crippen molar-refractivity contribution >= 4 is 29.4 Å². The SMILES string of the molecule is COc1ccc(/C(C)=N\NC(=O)c2ccncc2)cc1CSCC(=O)[O-]. The van der Waals surface area contributed by atoms with Gasteiger partial charge in [0.15, 0.2) is 0 Å². The van der Waals surface area contributed by atoms with Crippen molar-refractivity contribution in [2.75, 3.05) is 12.9 Å². The van der Waals surface area contributed by atoms with Gasteiger partial charge < -0.3 is 14.6 Å². The van der Waals surface area contributed by atoms with E-state index in [1.54, 1.807) is 32.2 Å². The fourth-order valence-corrected chi connectivity index (χ4v) is 2.84. The first kappa shape index (κ1) is 19.5. The Kier molecular flexibility index (Phi) is 7.16. The number of nitrogens with one attached hydrogen (secondary N) is 1. The Hall–Kier alpha value is -2.87. The smallest absolute Gasteiger partial charge is 0.271 e. The fraction of sp³-hybridized carbons (Fsp3) is 0.222. The second-order valence-electron chi connectivity index (χ2n) is 5.27. The van der Waals surface area contributed by atoms with E-state index in [0.717, 1.165) is 11.1 Å². The van der Waals surface area contributed by atoms with Crippen LogP contribution in [0.3, 0.4) is 0 Å². The van der Waals surface area contributed by atoms with Gasteiger partial charge in [-0.25, -0.2) is 5.43 Å². The van der Waals surface area contributed by atoms with Gasteiger partial charge in [0.1, 0.15) is 5.75 Å². The maximum Gasteiger partial charge on any atom is 0.271 e. The van der Waals surface area contributed by atoms with Gasteiger partial charge in [-0.1, -0.05) is 0 Å². The number of hydrogen-bond acceptors (Lipinski definition) is 7. The molecule has 1 aromatic heterocycles. The monoisotopic (exact) mass is 372 g/mol. The van der Waals surface area contributed by atoms with E-state index in [0.29, 0.717) is 22.8 Å². The van der Waals surface area contributed by atoms with E-state index in [1.807, 2.05) is 12.1 Å². The van der Waals surface area contributed by atoms with Crippen molar-refractivity contribution < 1.29 is 19.4 Å². The highest BCUT2D eigenvalue weighted by molar-refractivity contribution is 7.99. The fourth-order valence-electron chi connectivity index (χ4n) is 2.13. The molecule has 2 aromatic rings. The first-order chi connectivity index (χ1) is 12.5. The first-order valence-corrected chi connectivity index (χ1v) is 8.86. The molecule has 0 aliphatic rings. The van der Waals surface area contributed by atoms with Crippen molar-refractivity contribution in [2.24, 2.45) is 5.10 Å². The second kappa shape index (κ2) is 9.57. The molecule has 1 aromatic carbocycles. The lowest BCUT2D eigenvalue weighted by Gasteiger charge is -2.11. The summed E-state index contributed by atoms with van der Waals surface area (Å²) in [5, 5.41) is 14.7. The number of rotatable bonds is 8. The van der Waals surface area contributed by atoms with Gasteiger partial charge >= 0.3 is 0 Å². The summed E-state index contributed by atoms with van der Waals surface area (Å²) < 4.78 is 5.30. The molecule has 0 spiro atoms. The molecule has 0 saturated carbocycles. The van der Waals surface area contributed by atoms with Crippen molar-refractivity contribution in [3.63, 3.8) is 0 Å². The number of pyridine rings is 1. The van der Waals surface area contributed by atoms with Crippen molar-refractivity contribution in [1.82, 2.24) is 10.4 Å². The Bertz CT molecular complexity index is 809. The summed E-state index contributed by atoms with van der Waals surface area (Å²) in [6.45, 7) is 1.77. The van der Waals surface area contributed by atoms with Crippen LogP contribution in [0.1, 0.15) is 28.4 Å². The van der Waals surface area contributed by atoms with E-state index in [-0.39, 0.29) is 11.7 Å². The molecule has 1 amide bonds. The minimum absolute atomic E-state index is 0.0948. The molecule has 0 atom stereocenters. The topological polar surface area (TPSA) is 104 Å². The number of aromatic nitrogens is 1. The summed E-state index contributed by atoms with van der Waals surface area (Å²) in [5.41, 5.74) is 5.21. The Labute approximate surface area is 155 Å². The first-order valence-electron chi connectivity index (χ1n) is 7.70. The molecule has 0 saturated heterocycles. The highest BCUT2D eigenvalue weighted by Gasteiger charge is 2.08. The zero-order valence-electron chi connectivity index (χ0n) is 14.4. The van der Waals surface area contributed by atoms with Crippen LogP contribution in [0.4, 0.5) is 0 Å². The van der Waals surface area contributed by atoms with Gasteiger partial charge in [-0.15, -0.1) is 0 Å². The standard InChI is InChI=1S/C18H19N3O4S/c1-12(20-21-18(24)13-5-7-19-8-6-13)14-3-4-16(25-2)15(9-14)10-26-11-17(22)23/h3-9H,10-11H2,1-2H3,(H,21,24)(H,22,23)/p-1/b20-12-. The van der Waals surface area contributed by atoms with Crippen LogP contribution in [-0.2, 0) is 10.5 Å². The summed E-state index contributed by atoms with van der Waals surface area (Å²) in [6.07, 6.45) is 3.07. The number of carboxylic acid groups (broad SMARTS) is 1. The van der Waals surface area contributed by atoms with Crippen LogP contribution in [0.25, 0.3) is 0 Å².